The fourth-order valence-corrected chi connectivity index (χ4v) is 6.52. The first kappa shape index (κ1) is 20.2. The molecule has 3 heterocycles. The molecule has 1 aromatic heterocycles. The number of anilines is 1. The number of hydrogen-bond acceptors (Lipinski definition) is 7. The van der Waals surface area contributed by atoms with Crippen LogP contribution in [0.25, 0.3) is 10.2 Å². The Morgan fingerprint density at radius 3 is 2.81 bits per heavy atom. The van der Waals surface area contributed by atoms with E-state index in [2.05, 4.69) is 10.3 Å². The molecule has 0 bridgehead atoms. The van der Waals surface area contributed by atoms with Crippen LogP contribution in [0.4, 0.5) is 5.13 Å². The molecule has 10 heteroatoms. The van der Waals surface area contributed by atoms with Gasteiger partial charge in [0.1, 0.15) is 19.3 Å². The van der Waals surface area contributed by atoms with Crippen LogP contribution in [-0.2, 0) is 14.8 Å². The van der Waals surface area contributed by atoms with Crippen molar-refractivity contribution >= 4 is 42.6 Å². The van der Waals surface area contributed by atoms with Gasteiger partial charge in [-0.25, -0.2) is 13.4 Å². The van der Waals surface area contributed by atoms with Crippen LogP contribution in [0.1, 0.15) is 18.4 Å². The maximum atomic E-state index is 13.3. The van der Waals surface area contributed by atoms with Crippen molar-refractivity contribution in [1.82, 2.24) is 9.29 Å². The third-order valence-electron chi connectivity index (χ3n) is 5.40. The van der Waals surface area contributed by atoms with Gasteiger partial charge in [-0.15, -0.1) is 0 Å². The summed E-state index contributed by atoms with van der Waals surface area (Å²) in [6, 6.07) is 9.65. The smallest absolute Gasteiger partial charge is 0.244 e. The van der Waals surface area contributed by atoms with Crippen LogP contribution in [0.15, 0.2) is 41.3 Å². The highest BCUT2D eigenvalue weighted by Crippen LogP contribution is 2.35. The Balaban J connectivity index is 1.38. The molecule has 8 nitrogen and oxygen atoms in total. The molecule has 1 amide bonds. The molecule has 0 radical (unpaired) electrons. The van der Waals surface area contributed by atoms with Crippen LogP contribution >= 0.6 is 11.3 Å². The fraction of sp³-hybridized carbons (Fsp3) is 0.333. The molecule has 162 valence electrons. The standard InChI is InChI=1S/C21H21N3O5S2/c1-13-4-6-15-19(11-13)30-21(22-15)23-20(25)16-3-2-8-24(16)31(26,27)14-5-7-17-18(12-14)29-10-9-28-17/h4-7,11-12,16H,2-3,8-10H2,1H3,(H,22,23,25)/t16-/m0/s1. The number of fused-ring (bicyclic) bond motifs is 2. The fourth-order valence-electron chi connectivity index (χ4n) is 3.88. The van der Waals surface area contributed by atoms with Gasteiger partial charge in [-0.2, -0.15) is 4.31 Å². The van der Waals surface area contributed by atoms with Gasteiger partial charge in [0.05, 0.1) is 15.1 Å². The molecule has 0 unspecified atom stereocenters. The number of carbonyl (C=O) groups is 1. The molecule has 1 atom stereocenters. The molecular weight excluding hydrogens is 438 g/mol. The lowest BCUT2D eigenvalue weighted by Gasteiger charge is -2.24. The van der Waals surface area contributed by atoms with E-state index in [4.69, 9.17) is 9.47 Å². The molecule has 2 aromatic carbocycles. The van der Waals surface area contributed by atoms with E-state index in [0.717, 1.165) is 15.8 Å². The van der Waals surface area contributed by atoms with Crippen molar-refractivity contribution in [2.75, 3.05) is 25.1 Å². The Bertz CT molecular complexity index is 1270. The van der Waals surface area contributed by atoms with Crippen molar-refractivity contribution < 1.29 is 22.7 Å². The second kappa shape index (κ2) is 7.77. The quantitative estimate of drug-likeness (QED) is 0.644. The van der Waals surface area contributed by atoms with Gasteiger partial charge in [0.2, 0.25) is 15.9 Å². The zero-order valence-electron chi connectivity index (χ0n) is 16.8. The van der Waals surface area contributed by atoms with Crippen molar-refractivity contribution in [3.63, 3.8) is 0 Å². The van der Waals surface area contributed by atoms with Crippen molar-refractivity contribution in [1.29, 1.82) is 0 Å². The minimum absolute atomic E-state index is 0.0897. The van der Waals surface area contributed by atoms with Crippen LogP contribution in [0.3, 0.4) is 0 Å². The van der Waals surface area contributed by atoms with Crippen LogP contribution in [0.5, 0.6) is 11.5 Å². The van der Waals surface area contributed by atoms with Crippen molar-refractivity contribution in [2.45, 2.75) is 30.7 Å². The average Bonchev–Trinajstić information content (AvgIpc) is 3.40. The summed E-state index contributed by atoms with van der Waals surface area (Å²) in [4.78, 5) is 17.5. The van der Waals surface area contributed by atoms with Crippen LogP contribution in [0, 0.1) is 6.92 Å². The van der Waals surface area contributed by atoms with Gasteiger partial charge in [-0.1, -0.05) is 17.4 Å². The van der Waals surface area contributed by atoms with Gasteiger partial charge in [-0.3, -0.25) is 4.79 Å². The van der Waals surface area contributed by atoms with E-state index >= 15 is 0 Å². The molecule has 3 aromatic rings. The highest BCUT2D eigenvalue weighted by molar-refractivity contribution is 7.89. The number of thiazole rings is 1. The number of aromatic nitrogens is 1. The Labute approximate surface area is 183 Å². The van der Waals surface area contributed by atoms with Crippen LogP contribution in [0.2, 0.25) is 0 Å². The molecule has 1 N–H and O–H groups in total. The predicted molar refractivity (Wildman–Crippen MR) is 117 cm³/mol. The largest absolute Gasteiger partial charge is 0.486 e. The van der Waals surface area contributed by atoms with Gasteiger partial charge >= 0.3 is 0 Å². The summed E-state index contributed by atoms with van der Waals surface area (Å²) < 4.78 is 39.8. The lowest BCUT2D eigenvalue weighted by atomic mass is 10.2. The number of aryl methyl sites for hydroxylation is 1. The summed E-state index contributed by atoms with van der Waals surface area (Å²) in [6.07, 6.45) is 1.07. The molecule has 31 heavy (non-hydrogen) atoms. The average molecular weight is 460 g/mol. The molecule has 1 fully saturated rings. The lowest BCUT2D eigenvalue weighted by Crippen LogP contribution is -2.43. The molecule has 0 saturated carbocycles. The van der Waals surface area contributed by atoms with Gasteiger partial charge in [0.25, 0.3) is 0 Å². The van der Waals surface area contributed by atoms with Crippen molar-refractivity contribution in [3.05, 3.63) is 42.0 Å². The van der Waals surface area contributed by atoms with Crippen molar-refractivity contribution in [3.8, 4) is 11.5 Å². The number of nitrogens with zero attached hydrogens (tertiary/aromatic N) is 2. The van der Waals surface area contributed by atoms with Gasteiger partial charge in [0, 0.05) is 12.6 Å². The third-order valence-corrected chi connectivity index (χ3v) is 8.24. The molecule has 0 aliphatic carbocycles. The zero-order chi connectivity index (χ0) is 21.6. The number of sulfonamides is 1. The van der Waals surface area contributed by atoms with Gasteiger partial charge in [0.15, 0.2) is 16.6 Å². The zero-order valence-corrected chi connectivity index (χ0v) is 18.5. The van der Waals surface area contributed by atoms with Gasteiger partial charge in [-0.05, 0) is 49.6 Å². The summed E-state index contributed by atoms with van der Waals surface area (Å²) in [5.41, 5.74) is 1.92. The minimum atomic E-state index is -3.87. The van der Waals surface area contributed by atoms with Gasteiger partial charge < -0.3 is 14.8 Å². The second-order valence-corrected chi connectivity index (χ2v) is 10.5. The number of amides is 1. The number of ether oxygens (including phenoxy) is 2. The SMILES string of the molecule is Cc1ccc2nc(NC(=O)[C@@H]3CCCN3S(=O)(=O)c3ccc4c(c3)OCCO4)sc2c1. The van der Waals surface area contributed by atoms with E-state index in [1.165, 1.54) is 27.8 Å². The number of nitrogens with one attached hydrogen (secondary N) is 1. The number of benzene rings is 2. The Kier molecular flexibility index (Phi) is 5.07. The highest BCUT2D eigenvalue weighted by atomic mass is 32.2. The predicted octanol–water partition coefficient (Wildman–Crippen LogP) is 3.17. The summed E-state index contributed by atoms with van der Waals surface area (Å²) in [5.74, 6) is 0.554. The Hall–Kier alpha value is -2.69. The number of hydrogen-bond donors (Lipinski definition) is 1. The van der Waals surface area contributed by atoms with E-state index in [0.29, 0.717) is 42.7 Å². The van der Waals surface area contributed by atoms with E-state index in [1.54, 1.807) is 6.07 Å². The van der Waals surface area contributed by atoms with E-state index in [1.807, 2.05) is 25.1 Å². The first-order valence-corrected chi connectivity index (χ1v) is 12.3. The second-order valence-electron chi connectivity index (χ2n) is 7.56. The summed E-state index contributed by atoms with van der Waals surface area (Å²) >= 11 is 1.38. The molecule has 2 aliphatic rings. The summed E-state index contributed by atoms with van der Waals surface area (Å²) in [6.45, 7) is 3.08. The minimum Gasteiger partial charge on any atom is -0.486 e. The summed E-state index contributed by atoms with van der Waals surface area (Å²) in [5, 5.41) is 3.28. The number of carbonyl (C=O) groups excluding carboxylic acids is 1. The Morgan fingerprint density at radius 2 is 1.97 bits per heavy atom. The molecule has 1 saturated heterocycles. The molecular formula is C21H21N3O5S2. The topological polar surface area (TPSA) is 97.8 Å². The van der Waals surface area contributed by atoms with E-state index in [9.17, 15) is 13.2 Å². The first-order chi connectivity index (χ1) is 14.9. The highest BCUT2D eigenvalue weighted by Gasteiger charge is 2.40. The maximum Gasteiger partial charge on any atom is 0.244 e. The lowest BCUT2D eigenvalue weighted by molar-refractivity contribution is -0.119. The molecule has 0 spiro atoms. The summed E-state index contributed by atoms with van der Waals surface area (Å²) in [7, 11) is -3.87. The van der Waals surface area contributed by atoms with Crippen molar-refractivity contribution in [2.24, 2.45) is 0 Å². The van der Waals surface area contributed by atoms with Crippen LogP contribution in [-0.4, -0.2) is 49.4 Å². The normalized spacial score (nSPS) is 18.9. The monoisotopic (exact) mass is 459 g/mol. The van der Waals surface area contributed by atoms with E-state index < -0.39 is 16.1 Å². The third kappa shape index (κ3) is 3.75. The maximum absolute atomic E-state index is 13.3. The van der Waals surface area contributed by atoms with E-state index in [-0.39, 0.29) is 17.3 Å². The molecule has 5 rings (SSSR count). The number of rotatable bonds is 4. The Morgan fingerprint density at radius 1 is 1.16 bits per heavy atom. The first-order valence-electron chi connectivity index (χ1n) is 10.0. The molecule has 2 aliphatic heterocycles. The van der Waals surface area contributed by atoms with Crippen LogP contribution < -0.4 is 14.8 Å².